The zero-order valence-electron chi connectivity index (χ0n) is 21.2. The van der Waals surface area contributed by atoms with E-state index in [1.54, 1.807) is 0 Å². The molecule has 1 aromatic rings. The molecule has 7 nitrogen and oxygen atoms in total. The minimum atomic E-state index is -1.40. The van der Waals surface area contributed by atoms with Gasteiger partial charge in [-0.2, -0.15) is 0 Å². The molecule has 1 saturated heterocycles. The van der Waals surface area contributed by atoms with Crippen molar-refractivity contribution in [2.24, 2.45) is 5.92 Å². The molecule has 0 radical (unpaired) electrons. The van der Waals surface area contributed by atoms with Crippen molar-refractivity contribution in [1.82, 2.24) is 0 Å². The lowest BCUT2D eigenvalue weighted by Gasteiger charge is -2.39. The van der Waals surface area contributed by atoms with Crippen molar-refractivity contribution in [3.05, 3.63) is 34.4 Å². The van der Waals surface area contributed by atoms with Gasteiger partial charge in [0, 0.05) is 12.5 Å². The standard InChI is InChI=1S/C27H40O7/c1-14(2)8-7-9-15(3)19-11-10-16(4)22-20(19)12-17(5)23(30)26(22)34-27-24(31)25(33-18(6)28)21(29)13-32-27/h8,12,15-16,19,21,24-25,27,29-31H,7,9-11,13H2,1-6H3/t15-,16-,19+,21+,24-,25+,27-/m0/s1. The number of aryl methyl sites for hydroxylation is 1. The number of rotatable bonds is 7. The molecule has 7 atom stereocenters. The number of carbonyl (C=O) groups excluding carboxylic acids is 1. The highest BCUT2D eigenvalue weighted by Crippen LogP contribution is 2.51. The van der Waals surface area contributed by atoms with Crippen LogP contribution in [-0.4, -0.2) is 52.5 Å². The molecule has 0 saturated carbocycles. The van der Waals surface area contributed by atoms with Crippen LogP contribution in [0.2, 0.25) is 0 Å². The van der Waals surface area contributed by atoms with E-state index in [9.17, 15) is 20.1 Å². The van der Waals surface area contributed by atoms with Crippen molar-refractivity contribution in [3.8, 4) is 11.5 Å². The van der Waals surface area contributed by atoms with Gasteiger partial charge >= 0.3 is 5.97 Å². The monoisotopic (exact) mass is 476 g/mol. The van der Waals surface area contributed by atoms with Gasteiger partial charge in [-0.15, -0.1) is 0 Å². The van der Waals surface area contributed by atoms with Gasteiger partial charge < -0.3 is 29.5 Å². The molecule has 7 heteroatoms. The number of hydrogen-bond donors (Lipinski definition) is 3. The second-order valence-corrected chi connectivity index (χ2v) is 10.2. The van der Waals surface area contributed by atoms with E-state index in [0.29, 0.717) is 23.1 Å². The molecule has 0 amide bonds. The number of ether oxygens (including phenoxy) is 3. The van der Waals surface area contributed by atoms with E-state index in [1.165, 1.54) is 18.1 Å². The SMILES string of the molecule is CC(=O)O[C@H]1[C@H](O)[C@H](Oc2c(O)c(C)cc3c2[C@@H](C)CC[C@@H]3[C@@H](C)CCC=C(C)C)OC[C@H]1O. The molecule has 190 valence electrons. The van der Waals surface area contributed by atoms with Crippen LogP contribution in [0.3, 0.4) is 0 Å². The average Bonchev–Trinajstić information content (AvgIpc) is 2.75. The Kier molecular flexibility index (Phi) is 8.66. The number of allylic oxidation sites excluding steroid dienone is 2. The fourth-order valence-electron chi connectivity index (χ4n) is 5.24. The summed E-state index contributed by atoms with van der Waals surface area (Å²) in [4.78, 5) is 11.4. The van der Waals surface area contributed by atoms with Crippen LogP contribution in [0.1, 0.15) is 88.8 Å². The molecular formula is C27H40O7. The molecular weight excluding hydrogens is 436 g/mol. The third kappa shape index (κ3) is 5.75. The summed E-state index contributed by atoms with van der Waals surface area (Å²) in [6.45, 7) is 11.5. The van der Waals surface area contributed by atoms with Crippen LogP contribution in [0.5, 0.6) is 11.5 Å². The minimum absolute atomic E-state index is 0.0226. The number of aliphatic hydroxyl groups excluding tert-OH is 2. The zero-order valence-corrected chi connectivity index (χ0v) is 21.2. The summed E-state index contributed by atoms with van der Waals surface area (Å²) in [6.07, 6.45) is 1.49. The molecule has 1 heterocycles. The van der Waals surface area contributed by atoms with Crippen LogP contribution in [0.15, 0.2) is 17.7 Å². The van der Waals surface area contributed by atoms with Crippen molar-refractivity contribution >= 4 is 5.97 Å². The van der Waals surface area contributed by atoms with Crippen LogP contribution in [-0.2, 0) is 14.3 Å². The van der Waals surface area contributed by atoms with Gasteiger partial charge in [-0.05, 0) is 75.3 Å². The molecule has 1 aromatic carbocycles. The van der Waals surface area contributed by atoms with Crippen molar-refractivity contribution in [2.45, 2.75) is 104 Å². The third-order valence-electron chi connectivity index (χ3n) is 7.14. The van der Waals surface area contributed by atoms with Crippen molar-refractivity contribution < 1.29 is 34.3 Å². The lowest BCUT2D eigenvalue weighted by atomic mass is 9.70. The number of aromatic hydroxyl groups is 1. The number of benzene rings is 1. The predicted molar refractivity (Wildman–Crippen MR) is 129 cm³/mol. The molecule has 34 heavy (non-hydrogen) atoms. The Bertz CT molecular complexity index is 905. The Morgan fingerprint density at radius 2 is 1.97 bits per heavy atom. The maximum absolute atomic E-state index is 11.4. The first-order valence-corrected chi connectivity index (χ1v) is 12.3. The second kappa shape index (κ2) is 11.1. The summed E-state index contributed by atoms with van der Waals surface area (Å²) < 4.78 is 16.8. The Morgan fingerprint density at radius 3 is 2.62 bits per heavy atom. The first kappa shape index (κ1) is 26.5. The highest BCUT2D eigenvalue weighted by molar-refractivity contribution is 5.66. The lowest BCUT2D eigenvalue weighted by molar-refractivity contribution is -0.249. The highest BCUT2D eigenvalue weighted by atomic mass is 16.7. The molecule has 1 fully saturated rings. The van der Waals surface area contributed by atoms with Gasteiger partial charge in [-0.1, -0.05) is 31.6 Å². The number of phenols is 1. The molecule has 3 rings (SSSR count). The van der Waals surface area contributed by atoms with Crippen molar-refractivity contribution in [3.63, 3.8) is 0 Å². The third-order valence-corrected chi connectivity index (χ3v) is 7.14. The Hall–Kier alpha value is -2.09. The molecule has 0 spiro atoms. The van der Waals surface area contributed by atoms with Crippen molar-refractivity contribution in [2.75, 3.05) is 6.61 Å². The van der Waals surface area contributed by atoms with Gasteiger partial charge in [0.25, 0.3) is 0 Å². The summed E-state index contributed by atoms with van der Waals surface area (Å²) >= 11 is 0. The maximum atomic E-state index is 11.4. The van der Waals surface area contributed by atoms with Gasteiger partial charge in [0.1, 0.15) is 6.10 Å². The van der Waals surface area contributed by atoms with Crippen LogP contribution in [0.25, 0.3) is 0 Å². The predicted octanol–water partition coefficient (Wildman–Crippen LogP) is 4.45. The first-order valence-electron chi connectivity index (χ1n) is 12.3. The summed E-state index contributed by atoms with van der Waals surface area (Å²) in [5, 5.41) is 31.9. The minimum Gasteiger partial charge on any atom is -0.504 e. The Morgan fingerprint density at radius 1 is 1.26 bits per heavy atom. The van der Waals surface area contributed by atoms with E-state index in [1.807, 2.05) is 6.92 Å². The number of fused-ring (bicyclic) bond motifs is 1. The van der Waals surface area contributed by atoms with Gasteiger partial charge in [-0.25, -0.2) is 0 Å². The number of hydrogen-bond acceptors (Lipinski definition) is 7. The fourth-order valence-corrected chi connectivity index (χ4v) is 5.24. The number of aliphatic hydroxyl groups is 2. The van der Waals surface area contributed by atoms with Gasteiger partial charge in [0.2, 0.25) is 6.29 Å². The Balaban J connectivity index is 1.92. The highest BCUT2D eigenvalue weighted by Gasteiger charge is 2.44. The van der Waals surface area contributed by atoms with E-state index in [2.05, 4.69) is 39.8 Å². The molecule has 0 aromatic heterocycles. The van der Waals surface area contributed by atoms with Crippen LogP contribution in [0.4, 0.5) is 0 Å². The Labute approximate surface area is 202 Å². The largest absolute Gasteiger partial charge is 0.504 e. The number of carbonyl (C=O) groups is 1. The zero-order chi connectivity index (χ0) is 25.2. The average molecular weight is 477 g/mol. The van der Waals surface area contributed by atoms with Crippen LogP contribution >= 0.6 is 0 Å². The quantitative estimate of drug-likeness (QED) is 0.394. The van der Waals surface area contributed by atoms with E-state index in [0.717, 1.165) is 31.2 Å². The molecule has 3 N–H and O–H groups in total. The molecule has 1 aliphatic heterocycles. The molecule has 0 unspecified atom stereocenters. The van der Waals surface area contributed by atoms with Crippen LogP contribution in [0, 0.1) is 12.8 Å². The summed E-state index contributed by atoms with van der Waals surface area (Å²) in [6, 6.07) is 2.07. The number of esters is 1. The van der Waals surface area contributed by atoms with E-state index < -0.39 is 30.6 Å². The smallest absolute Gasteiger partial charge is 0.303 e. The summed E-state index contributed by atoms with van der Waals surface area (Å²) in [5.74, 6) is 0.677. The van der Waals surface area contributed by atoms with E-state index in [-0.39, 0.29) is 18.3 Å². The topological polar surface area (TPSA) is 105 Å². The van der Waals surface area contributed by atoms with Crippen LogP contribution < -0.4 is 4.74 Å². The molecule has 2 aliphatic rings. The second-order valence-electron chi connectivity index (χ2n) is 10.2. The van der Waals surface area contributed by atoms with Gasteiger partial charge in [0.05, 0.1) is 6.61 Å². The molecule has 0 bridgehead atoms. The lowest BCUT2D eigenvalue weighted by Crippen LogP contribution is -2.56. The van der Waals surface area contributed by atoms with E-state index in [4.69, 9.17) is 14.2 Å². The maximum Gasteiger partial charge on any atom is 0.303 e. The first-order chi connectivity index (χ1) is 16.0. The van der Waals surface area contributed by atoms with E-state index >= 15 is 0 Å². The van der Waals surface area contributed by atoms with Gasteiger partial charge in [0.15, 0.2) is 23.7 Å². The summed E-state index contributed by atoms with van der Waals surface area (Å²) in [7, 11) is 0. The normalized spacial score (nSPS) is 29.6. The van der Waals surface area contributed by atoms with Gasteiger partial charge in [-0.3, -0.25) is 4.79 Å². The summed E-state index contributed by atoms with van der Waals surface area (Å²) in [5.41, 5.74) is 4.14. The van der Waals surface area contributed by atoms with Crippen molar-refractivity contribution in [1.29, 1.82) is 0 Å². The molecule has 1 aliphatic carbocycles. The number of phenolic OH excluding ortho intramolecular Hbond substituents is 1. The fraction of sp³-hybridized carbons (Fsp3) is 0.667.